The van der Waals surface area contributed by atoms with Gasteiger partial charge in [-0.2, -0.15) is 0 Å². The monoisotopic (exact) mass is 415 g/mol. The molecule has 1 aliphatic carbocycles. The number of amides is 3. The first-order valence-corrected chi connectivity index (χ1v) is 10.1. The minimum absolute atomic E-state index is 0.107. The van der Waals surface area contributed by atoms with Gasteiger partial charge >= 0.3 is 6.03 Å². The molecule has 0 heterocycles. The Morgan fingerprint density at radius 1 is 1.10 bits per heavy atom. The summed E-state index contributed by atoms with van der Waals surface area (Å²) in [5.74, 6) is 0.626. The second-order valence-electron chi connectivity index (χ2n) is 7.58. The second-order valence-corrected chi connectivity index (χ2v) is 7.99. The molecule has 6 nitrogen and oxygen atoms in total. The molecule has 29 heavy (non-hydrogen) atoms. The standard InChI is InChI=1S/C22H26ClN3O3/c1-13(2)18-11-19(23)14(3)10-20(18)29-12-21(27)24-15-4-6-16(7-5-15)25-22(28)26-17-8-9-17/h4-7,10-11,13,17H,8-9,12H2,1-3H3,(H,24,27)(H2,25,26,28). The minimum Gasteiger partial charge on any atom is -0.483 e. The van der Waals surface area contributed by atoms with Gasteiger partial charge < -0.3 is 20.7 Å². The molecule has 0 saturated heterocycles. The molecule has 0 aromatic heterocycles. The van der Waals surface area contributed by atoms with Gasteiger partial charge in [0.2, 0.25) is 0 Å². The van der Waals surface area contributed by atoms with E-state index in [-0.39, 0.29) is 24.5 Å². The summed E-state index contributed by atoms with van der Waals surface area (Å²) in [6, 6.07) is 10.8. The van der Waals surface area contributed by atoms with E-state index >= 15 is 0 Å². The highest BCUT2D eigenvalue weighted by molar-refractivity contribution is 6.31. The molecule has 0 aliphatic heterocycles. The Morgan fingerprint density at radius 2 is 1.72 bits per heavy atom. The summed E-state index contributed by atoms with van der Waals surface area (Å²) in [5.41, 5.74) is 3.16. The number of benzene rings is 2. The average Bonchev–Trinajstić information content (AvgIpc) is 3.47. The largest absolute Gasteiger partial charge is 0.483 e. The van der Waals surface area contributed by atoms with E-state index in [1.54, 1.807) is 24.3 Å². The summed E-state index contributed by atoms with van der Waals surface area (Å²) in [7, 11) is 0. The van der Waals surface area contributed by atoms with Crippen LogP contribution in [0, 0.1) is 6.92 Å². The normalized spacial score (nSPS) is 13.1. The van der Waals surface area contributed by atoms with Crippen molar-refractivity contribution in [3.63, 3.8) is 0 Å². The van der Waals surface area contributed by atoms with Gasteiger partial charge in [0, 0.05) is 22.4 Å². The number of anilines is 2. The number of urea groups is 1. The molecular formula is C22H26ClN3O3. The van der Waals surface area contributed by atoms with Crippen LogP contribution >= 0.6 is 11.6 Å². The predicted octanol–water partition coefficient (Wildman–Crippen LogP) is 5.07. The van der Waals surface area contributed by atoms with E-state index in [4.69, 9.17) is 16.3 Å². The van der Waals surface area contributed by atoms with Gasteiger partial charge in [-0.05, 0) is 73.2 Å². The van der Waals surface area contributed by atoms with E-state index in [0.29, 0.717) is 28.2 Å². The van der Waals surface area contributed by atoms with E-state index in [1.807, 2.05) is 19.1 Å². The number of rotatable bonds is 7. The average molecular weight is 416 g/mol. The van der Waals surface area contributed by atoms with Crippen molar-refractivity contribution in [3.8, 4) is 5.75 Å². The van der Waals surface area contributed by atoms with Crippen LogP contribution < -0.4 is 20.7 Å². The number of carbonyl (C=O) groups excluding carboxylic acids is 2. The highest BCUT2D eigenvalue weighted by atomic mass is 35.5. The number of halogens is 1. The van der Waals surface area contributed by atoms with Crippen molar-refractivity contribution < 1.29 is 14.3 Å². The first-order valence-electron chi connectivity index (χ1n) is 9.72. The molecule has 154 valence electrons. The summed E-state index contributed by atoms with van der Waals surface area (Å²) in [4.78, 5) is 24.0. The van der Waals surface area contributed by atoms with E-state index in [9.17, 15) is 9.59 Å². The van der Waals surface area contributed by atoms with E-state index in [1.165, 1.54) is 0 Å². The highest BCUT2D eigenvalue weighted by Gasteiger charge is 2.23. The van der Waals surface area contributed by atoms with Crippen LogP contribution in [-0.4, -0.2) is 24.6 Å². The molecule has 0 atom stereocenters. The first-order chi connectivity index (χ1) is 13.8. The Bertz CT molecular complexity index is 893. The third kappa shape index (κ3) is 6.12. The summed E-state index contributed by atoms with van der Waals surface area (Å²) in [5, 5.41) is 9.10. The first kappa shape index (κ1) is 21.0. The molecular weight excluding hydrogens is 390 g/mol. The zero-order valence-corrected chi connectivity index (χ0v) is 17.6. The summed E-state index contributed by atoms with van der Waals surface area (Å²) in [6.45, 7) is 5.90. The number of ether oxygens (including phenoxy) is 1. The lowest BCUT2D eigenvalue weighted by Crippen LogP contribution is -2.30. The van der Waals surface area contributed by atoms with Gasteiger partial charge in [0.05, 0.1) is 0 Å². The maximum Gasteiger partial charge on any atom is 0.319 e. The Balaban J connectivity index is 1.53. The summed E-state index contributed by atoms with van der Waals surface area (Å²) >= 11 is 6.21. The zero-order valence-electron chi connectivity index (χ0n) is 16.8. The van der Waals surface area contributed by atoms with Crippen LogP contribution in [0.3, 0.4) is 0 Å². The lowest BCUT2D eigenvalue weighted by Gasteiger charge is -2.16. The van der Waals surface area contributed by atoms with Crippen LogP contribution in [0.5, 0.6) is 5.75 Å². The molecule has 0 bridgehead atoms. The molecule has 0 unspecified atom stereocenters. The Hall–Kier alpha value is -2.73. The number of aryl methyl sites for hydroxylation is 1. The van der Waals surface area contributed by atoms with Crippen molar-refractivity contribution >= 4 is 34.9 Å². The second kappa shape index (κ2) is 9.18. The third-order valence-electron chi connectivity index (χ3n) is 4.61. The zero-order chi connectivity index (χ0) is 21.0. The minimum atomic E-state index is -0.264. The van der Waals surface area contributed by atoms with Gasteiger partial charge in [0.15, 0.2) is 6.61 Å². The van der Waals surface area contributed by atoms with E-state index in [2.05, 4.69) is 29.8 Å². The van der Waals surface area contributed by atoms with Crippen molar-refractivity contribution in [3.05, 3.63) is 52.5 Å². The molecule has 0 radical (unpaired) electrons. The molecule has 2 aromatic rings. The lowest BCUT2D eigenvalue weighted by molar-refractivity contribution is -0.118. The fourth-order valence-electron chi connectivity index (χ4n) is 2.80. The number of hydrogen-bond donors (Lipinski definition) is 3. The maximum absolute atomic E-state index is 12.3. The smallest absolute Gasteiger partial charge is 0.319 e. The summed E-state index contributed by atoms with van der Waals surface area (Å²) in [6.07, 6.45) is 2.07. The van der Waals surface area contributed by atoms with Crippen molar-refractivity contribution in [2.45, 2.75) is 45.6 Å². The molecule has 0 spiro atoms. The Morgan fingerprint density at radius 3 is 2.31 bits per heavy atom. The van der Waals surface area contributed by atoms with Gasteiger partial charge in [-0.3, -0.25) is 4.79 Å². The maximum atomic E-state index is 12.3. The highest BCUT2D eigenvalue weighted by Crippen LogP contribution is 2.32. The lowest BCUT2D eigenvalue weighted by atomic mass is 10.0. The van der Waals surface area contributed by atoms with Gasteiger partial charge in [0.25, 0.3) is 5.91 Å². The van der Waals surface area contributed by atoms with E-state index in [0.717, 1.165) is 24.0 Å². The van der Waals surface area contributed by atoms with Crippen LogP contribution in [0.15, 0.2) is 36.4 Å². The van der Waals surface area contributed by atoms with Gasteiger partial charge in [-0.1, -0.05) is 25.4 Å². The van der Waals surface area contributed by atoms with Crippen LogP contribution in [0.2, 0.25) is 5.02 Å². The van der Waals surface area contributed by atoms with Crippen molar-refractivity contribution in [2.75, 3.05) is 17.2 Å². The molecule has 7 heteroatoms. The van der Waals surface area contributed by atoms with Crippen molar-refractivity contribution in [1.82, 2.24) is 5.32 Å². The fourth-order valence-corrected chi connectivity index (χ4v) is 2.98. The van der Waals surface area contributed by atoms with Crippen molar-refractivity contribution in [1.29, 1.82) is 0 Å². The van der Waals surface area contributed by atoms with Gasteiger partial charge in [-0.25, -0.2) is 4.79 Å². The van der Waals surface area contributed by atoms with Crippen LogP contribution in [0.25, 0.3) is 0 Å². The fraction of sp³-hybridized carbons (Fsp3) is 0.364. The molecule has 3 rings (SSSR count). The summed E-state index contributed by atoms with van der Waals surface area (Å²) < 4.78 is 5.75. The van der Waals surface area contributed by atoms with E-state index < -0.39 is 0 Å². The molecule has 1 fully saturated rings. The Kier molecular flexibility index (Phi) is 6.64. The van der Waals surface area contributed by atoms with Crippen LogP contribution in [0.1, 0.15) is 43.7 Å². The van der Waals surface area contributed by atoms with Crippen molar-refractivity contribution in [2.24, 2.45) is 0 Å². The Labute approximate surface area is 176 Å². The quantitative estimate of drug-likeness (QED) is 0.590. The number of hydrogen-bond acceptors (Lipinski definition) is 3. The third-order valence-corrected chi connectivity index (χ3v) is 5.02. The molecule has 1 saturated carbocycles. The molecule has 3 amide bonds. The van der Waals surface area contributed by atoms with Gasteiger partial charge in [0.1, 0.15) is 5.75 Å². The number of nitrogens with one attached hydrogen (secondary N) is 3. The predicted molar refractivity (Wildman–Crippen MR) is 116 cm³/mol. The van der Waals surface area contributed by atoms with Crippen LogP contribution in [-0.2, 0) is 4.79 Å². The number of carbonyl (C=O) groups is 2. The molecule has 3 N–H and O–H groups in total. The van der Waals surface area contributed by atoms with Crippen LogP contribution in [0.4, 0.5) is 16.2 Å². The molecule has 1 aliphatic rings. The SMILES string of the molecule is Cc1cc(OCC(=O)Nc2ccc(NC(=O)NC3CC3)cc2)c(C(C)C)cc1Cl. The topological polar surface area (TPSA) is 79.5 Å². The molecule has 2 aromatic carbocycles. The van der Waals surface area contributed by atoms with Gasteiger partial charge in [-0.15, -0.1) is 0 Å².